The molecule has 1 aliphatic carbocycles. The lowest BCUT2D eigenvalue weighted by molar-refractivity contribution is -0.142. The van der Waals surface area contributed by atoms with Crippen molar-refractivity contribution < 1.29 is 36.3 Å². The molecule has 0 aromatic rings. The Morgan fingerprint density at radius 1 is 1.12 bits per heavy atom. The van der Waals surface area contributed by atoms with Crippen molar-refractivity contribution in [1.82, 2.24) is 0 Å². The van der Waals surface area contributed by atoms with E-state index in [0.717, 1.165) is 0 Å². The van der Waals surface area contributed by atoms with Crippen LogP contribution in [0.4, 0.5) is 0 Å². The van der Waals surface area contributed by atoms with Crippen molar-refractivity contribution in [2.75, 3.05) is 29.6 Å². The van der Waals surface area contributed by atoms with Crippen LogP contribution < -0.4 is 0 Å². The maximum Gasteiger partial charge on any atom is 0.306 e. The largest absolute Gasteiger partial charge is 0.497 e. The zero-order chi connectivity index (χ0) is 19.6. The molecule has 0 aromatic carbocycles. The minimum atomic E-state index is -2.93. The molecule has 10 heteroatoms. The predicted octanol–water partition coefficient (Wildman–Crippen LogP) is 0.580. The molecule has 0 unspecified atom stereocenters. The van der Waals surface area contributed by atoms with Crippen LogP contribution in [0.2, 0.25) is 0 Å². The topological polar surface area (TPSA) is 132 Å². The van der Waals surface area contributed by atoms with E-state index in [-0.39, 0.29) is 41.6 Å². The van der Waals surface area contributed by atoms with Crippen molar-refractivity contribution in [3.8, 4) is 0 Å². The molecule has 0 aromatic heterocycles. The van der Waals surface area contributed by atoms with E-state index in [9.17, 15) is 26.4 Å². The summed E-state index contributed by atoms with van der Waals surface area (Å²) in [6, 6.07) is 0. The van der Waals surface area contributed by atoms with Crippen LogP contribution in [0.3, 0.4) is 0 Å². The molecule has 0 bridgehead atoms. The highest BCUT2D eigenvalue weighted by Crippen LogP contribution is 2.47. The number of ketones is 1. The molecule has 26 heavy (non-hydrogen) atoms. The number of carboxylic acids is 1. The first-order valence-corrected chi connectivity index (χ1v) is 12.2. The average molecular weight is 408 g/mol. The molecule has 0 amide bonds. The fourth-order valence-corrected chi connectivity index (χ4v) is 6.31. The summed E-state index contributed by atoms with van der Waals surface area (Å²) in [6.07, 6.45) is 2.82. The standard InChI is InChI=1S/C10H14O4S.C6H10O4S/c1-2-14-9-7-8(11)10(9)3-5-15(12,13)6-4-10;7-6(8)5-1-3-11(9,10)4-2-5/h7H,2-6H2,1H3;5H,1-4H2,(H,7,8). The predicted molar refractivity (Wildman–Crippen MR) is 94.1 cm³/mol. The zero-order valence-corrected chi connectivity index (χ0v) is 16.3. The van der Waals surface area contributed by atoms with Crippen LogP contribution in [0.15, 0.2) is 11.8 Å². The molecule has 2 aliphatic heterocycles. The molecule has 3 aliphatic rings. The Hall–Kier alpha value is -1.42. The van der Waals surface area contributed by atoms with Crippen LogP contribution in [0, 0.1) is 11.3 Å². The third kappa shape index (κ3) is 4.64. The van der Waals surface area contributed by atoms with Crippen molar-refractivity contribution in [3.05, 3.63) is 11.8 Å². The average Bonchev–Trinajstić information content (AvgIpc) is 2.55. The van der Waals surface area contributed by atoms with E-state index in [0.29, 0.717) is 25.2 Å². The van der Waals surface area contributed by atoms with E-state index >= 15 is 0 Å². The van der Waals surface area contributed by atoms with E-state index in [1.165, 1.54) is 6.08 Å². The number of rotatable bonds is 3. The van der Waals surface area contributed by atoms with Gasteiger partial charge in [0.15, 0.2) is 5.78 Å². The number of sulfone groups is 2. The normalized spacial score (nSPS) is 26.0. The van der Waals surface area contributed by atoms with Crippen LogP contribution in [0.25, 0.3) is 0 Å². The Balaban J connectivity index is 0.000000197. The lowest BCUT2D eigenvalue weighted by Gasteiger charge is -2.41. The number of aliphatic carboxylic acids is 1. The van der Waals surface area contributed by atoms with E-state index in [1.807, 2.05) is 6.92 Å². The van der Waals surface area contributed by atoms with Crippen LogP contribution in [0.5, 0.6) is 0 Å². The summed E-state index contributed by atoms with van der Waals surface area (Å²) in [5, 5.41) is 8.51. The van der Waals surface area contributed by atoms with Crippen molar-refractivity contribution in [2.24, 2.45) is 11.3 Å². The van der Waals surface area contributed by atoms with Gasteiger partial charge in [0, 0.05) is 6.08 Å². The Morgan fingerprint density at radius 2 is 1.62 bits per heavy atom. The van der Waals surface area contributed by atoms with Gasteiger partial charge in [-0.1, -0.05) is 0 Å². The van der Waals surface area contributed by atoms with Crippen molar-refractivity contribution in [1.29, 1.82) is 0 Å². The highest BCUT2D eigenvalue weighted by atomic mass is 32.2. The summed E-state index contributed by atoms with van der Waals surface area (Å²) in [4.78, 5) is 21.9. The second-order valence-electron chi connectivity index (χ2n) is 6.80. The lowest BCUT2D eigenvalue weighted by Crippen LogP contribution is -2.47. The van der Waals surface area contributed by atoms with Gasteiger partial charge in [-0.3, -0.25) is 9.59 Å². The molecule has 2 fully saturated rings. The Morgan fingerprint density at radius 3 is 2.04 bits per heavy atom. The summed E-state index contributed by atoms with van der Waals surface area (Å²) in [7, 11) is -5.84. The SMILES string of the molecule is CCOC1=CC(=O)C12CCS(=O)(=O)CC2.O=C(O)C1CCS(=O)(=O)CC1. The van der Waals surface area contributed by atoms with E-state index < -0.39 is 37.0 Å². The molecule has 1 N–H and O–H groups in total. The maximum absolute atomic E-state index is 11.6. The number of carboxylic acid groups (broad SMARTS) is 1. The van der Waals surface area contributed by atoms with Crippen molar-refractivity contribution >= 4 is 31.4 Å². The summed E-state index contributed by atoms with van der Waals surface area (Å²) in [5.74, 6) is -0.343. The number of carbonyl (C=O) groups excluding carboxylic acids is 1. The zero-order valence-electron chi connectivity index (χ0n) is 14.6. The van der Waals surface area contributed by atoms with Gasteiger partial charge in [0.25, 0.3) is 0 Å². The first-order chi connectivity index (χ1) is 12.0. The number of ether oxygens (including phenoxy) is 1. The first kappa shape index (κ1) is 20.9. The third-order valence-corrected chi connectivity index (χ3v) is 8.46. The van der Waals surface area contributed by atoms with Crippen LogP contribution in [-0.4, -0.2) is 63.3 Å². The summed E-state index contributed by atoms with van der Waals surface area (Å²) < 4.78 is 49.6. The minimum Gasteiger partial charge on any atom is -0.497 e. The first-order valence-electron chi connectivity index (χ1n) is 8.54. The molecular weight excluding hydrogens is 384 g/mol. The summed E-state index contributed by atoms with van der Waals surface area (Å²) >= 11 is 0. The highest BCUT2D eigenvalue weighted by Gasteiger charge is 2.52. The van der Waals surface area contributed by atoms with Gasteiger partial charge in [-0.25, -0.2) is 16.8 Å². The number of carbonyl (C=O) groups is 2. The van der Waals surface area contributed by atoms with Gasteiger partial charge in [-0.05, 0) is 32.6 Å². The molecular formula is C16H24O8S2. The number of hydrogen-bond donors (Lipinski definition) is 1. The third-order valence-electron chi connectivity index (χ3n) is 5.09. The summed E-state index contributed by atoms with van der Waals surface area (Å²) in [6.45, 7) is 2.38. The molecule has 0 radical (unpaired) electrons. The fourth-order valence-electron chi connectivity index (χ4n) is 3.29. The fraction of sp³-hybridized carbons (Fsp3) is 0.750. The Bertz CT molecular complexity index is 779. The Labute approximate surface area is 153 Å². The van der Waals surface area contributed by atoms with E-state index in [4.69, 9.17) is 9.84 Å². The molecule has 2 heterocycles. The molecule has 0 saturated carbocycles. The molecule has 1 spiro atoms. The smallest absolute Gasteiger partial charge is 0.306 e. The number of allylic oxidation sites excluding steroid dienone is 2. The quantitative estimate of drug-likeness (QED) is 0.717. The molecule has 2 saturated heterocycles. The van der Waals surface area contributed by atoms with Crippen molar-refractivity contribution in [2.45, 2.75) is 32.6 Å². The second-order valence-corrected chi connectivity index (χ2v) is 11.4. The van der Waals surface area contributed by atoms with Gasteiger partial charge in [0.2, 0.25) is 0 Å². The van der Waals surface area contributed by atoms with Gasteiger partial charge >= 0.3 is 5.97 Å². The monoisotopic (exact) mass is 408 g/mol. The van der Waals surface area contributed by atoms with Gasteiger partial charge in [0.05, 0.1) is 41.0 Å². The van der Waals surface area contributed by atoms with Gasteiger partial charge in [-0.2, -0.15) is 0 Å². The minimum absolute atomic E-state index is 0.0286. The van der Waals surface area contributed by atoms with Gasteiger partial charge < -0.3 is 9.84 Å². The van der Waals surface area contributed by atoms with Gasteiger partial charge in [0.1, 0.15) is 25.4 Å². The van der Waals surface area contributed by atoms with Crippen LogP contribution >= 0.6 is 0 Å². The molecule has 8 nitrogen and oxygen atoms in total. The second kappa shape index (κ2) is 7.67. The molecule has 3 rings (SSSR count). The summed E-state index contributed by atoms with van der Waals surface area (Å²) in [5.41, 5.74) is -0.596. The van der Waals surface area contributed by atoms with Crippen molar-refractivity contribution in [3.63, 3.8) is 0 Å². The van der Waals surface area contributed by atoms with E-state index in [1.54, 1.807) is 0 Å². The van der Waals surface area contributed by atoms with E-state index in [2.05, 4.69) is 0 Å². The van der Waals surface area contributed by atoms with Crippen LogP contribution in [0.1, 0.15) is 32.6 Å². The molecule has 148 valence electrons. The molecule has 0 atom stereocenters. The van der Waals surface area contributed by atoms with Crippen LogP contribution in [-0.2, 0) is 34.0 Å². The Kier molecular flexibility index (Phi) is 6.17. The highest BCUT2D eigenvalue weighted by molar-refractivity contribution is 7.91. The number of hydrogen-bond acceptors (Lipinski definition) is 7. The van der Waals surface area contributed by atoms with Gasteiger partial charge in [-0.15, -0.1) is 0 Å². The lowest BCUT2D eigenvalue weighted by atomic mass is 9.68. The maximum atomic E-state index is 11.6.